The van der Waals surface area contributed by atoms with Crippen molar-refractivity contribution in [2.45, 2.75) is 38.3 Å². The fourth-order valence-corrected chi connectivity index (χ4v) is 4.11. The minimum Gasteiger partial charge on any atom is -0.378 e. The third-order valence-electron chi connectivity index (χ3n) is 5.59. The number of H-pyrrole nitrogens is 1. The molecule has 26 heavy (non-hydrogen) atoms. The smallest absolute Gasteiger partial charge is 0.257 e. The second kappa shape index (κ2) is 7.21. The summed E-state index contributed by atoms with van der Waals surface area (Å²) in [7, 11) is 0. The molecule has 0 unspecified atom stereocenters. The summed E-state index contributed by atoms with van der Waals surface area (Å²) in [6.45, 7) is 5.18. The van der Waals surface area contributed by atoms with Crippen LogP contribution in [-0.4, -0.2) is 54.2 Å². The van der Waals surface area contributed by atoms with Crippen LogP contribution in [0.1, 0.15) is 35.2 Å². The molecule has 1 amide bonds. The number of benzene rings is 1. The van der Waals surface area contributed by atoms with Crippen LogP contribution in [0.5, 0.6) is 0 Å². The van der Waals surface area contributed by atoms with Crippen LogP contribution in [0.25, 0.3) is 10.9 Å². The molecule has 0 saturated carbocycles. The standard InChI is InChI=1S/C20H25N3O3/c1-13-6-5-7-14-18(13)21-10-15(19(14)24)20(25)22-16-11-26-12-17(16)23-8-3-2-4-9-23/h5-7,10,16-17H,2-4,8-9,11-12H2,1H3,(H,21,24)(H,22,25)/t16-,17-/m1/s1. The minimum absolute atomic E-state index is 0.0757. The lowest BCUT2D eigenvalue weighted by Crippen LogP contribution is -2.52. The lowest BCUT2D eigenvalue weighted by Gasteiger charge is -2.34. The highest BCUT2D eigenvalue weighted by Crippen LogP contribution is 2.19. The van der Waals surface area contributed by atoms with Crippen LogP contribution in [0, 0.1) is 6.92 Å². The number of piperidine rings is 1. The van der Waals surface area contributed by atoms with Gasteiger partial charge in [-0.3, -0.25) is 14.5 Å². The molecule has 6 nitrogen and oxygen atoms in total. The topological polar surface area (TPSA) is 74.4 Å². The number of amides is 1. The predicted molar refractivity (Wildman–Crippen MR) is 101 cm³/mol. The number of aromatic nitrogens is 1. The maximum atomic E-state index is 12.8. The molecular weight excluding hydrogens is 330 g/mol. The summed E-state index contributed by atoms with van der Waals surface area (Å²) >= 11 is 0. The van der Waals surface area contributed by atoms with Crippen molar-refractivity contribution in [1.82, 2.24) is 15.2 Å². The Hall–Kier alpha value is -2.18. The van der Waals surface area contributed by atoms with Crippen LogP contribution in [0.4, 0.5) is 0 Å². The number of rotatable bonds is 3. The Morgan fingerprint density at radius 3 is 2.85 bits per heavy atom. The Labute approximate surface area is 152 Å². The normalized spacial score (nSPS) is 24.0. The van der Waals surface area contributed by atoms with Crippen LogP contribution in [0.2, 0.25) is 0 Å². The van der Waals surface area contributed by atoms with Crippen molar-refractivity contribution < 1.29 is 9.53 Å². The van der Waals surface area contributed by atoms with Crippen LogP contribution in [-0.2, 0) is 4.74 Å². The van der Waals surface area contributed by atoms with Crippen LogP contribution >= 0.6 is 0 Å². The van der Waals surface area contributed by atoms with Gasteiger partial charge in [0.25, 0.3) is 5.91 Å². The zero-order valence-electron chi connectivity index (χ0n) is 15.1. The summed E-state index contributed by atoms with van der Waals surface area (Å²) in [6.07, 6.45) is 5.19. The average Bonchev–Trinajstić information content (AvgIpc) is 3.11. The minimum atomic E-state index is -0.327. The van der Waals surface area contributed by atoms with Crippen LogP contribution in [0.15, 0.2) is 29.2 Å². The number of aromatic amines is 1. The Balaban J connectivity index is 1.55. The van der Waals surface area contributed by atoms with E-state index < -0.39 is 0 Å². The van der Waals surface area contributed by atoms with Gasteiger partial charge in [-0.2, -0.15) is 0 Å². The van der Waals surface area contributed by atoms with Gasteiger partial charge in [0, 0.05) is 11.6 Å². The zero-order chi connectivity index (χ0) is 18.1. The van der Waals surface area contributed by atoms with Gasteiger partial charge in [0.1, 0.15) is 5.56 Å². The van der Waals surface area contributed by atoms with Gasteiger partial charge in [0.05, 0.1) is 30.8 Å². The fourth-order valence-electron chi connectivity index (χ4n) is 4.11. The number of ether oxygens (including phenoxy) is 1. The first-order valence-electron chi connectivity index (χ1n) is 9.39. The second-order valence-corrected chi connectivity index (χ2v) is 7.31. The number of likely N-dealkylation sites (tertiary alicyclic amines) is 1. The highest BCUT2D eigenvalue weighted by Gasteiger charge is 2.35. The molecule has 2 aromatic rings. The van der Waals surface area contributed by atoms with E-state index in [1.54, 1.807) is 6.07 Å². The lowest BCUT2D eigenvalue weighted by molar-refractivity contribution is 0.0898. The Bertz CT molecular complexity index is 870. The van der Waals surface area contributed by atoms with E-state index in [2.05, 4.69) is 15.2 Å². The Morgan fingerprint density at radius 1 is 1.23 bits per heavy atom. The molecule has 2 N–H and O–H groups in total. The van der Waals surface area contributed by atoms with Crippen molar-refractivity contribution in [3.63, 3.8) is 0 Å². The SMILES string of the molecule is Cc1cccc2c(=O)c(C(=O)N[C@@H]3COC[C@H]3N3CCCCC3)c[nH]c12. The quantitative estimate of drug-likeness (QED) is 0.881. The van der Waals surface area contributed by atoms with Crippen molar-refractivity contribution in [1.29, 1.82) is 0 Å². The summed E-state index contributed by atoms with van der Waals surface area (Å²) < 4.78 is 5.63. The molecule has 6 heteroatoms. The molecular formula is C20H25N3O3. The molecule has 2 saturated heterocycles. The first-order valence-corrected chi connectivity index (χ1v) is 9.39. The summed E-state index contributed by atoms with van der Waals surface area (Å²) in [4.78, 5) is 31.0. The summed E-state index contributed by atoms with van der Waals surface area (Å²) in [5, 5.41) is 3.59. The van der Waals surface area contributed by atoms with Crippen molar-refractivity contribution >= 4 is 16.8 Å². The number of nitrogens with zero attached hydrogens (tertiary/aromatic N) is 1. The van der Waals surface area contributed by atoms with E-state index in [1.165, 1.54) is 25.5 Å². The van der Waals surface area contributed by atoms with Gasteiger partial charge < -0.3 is 15.0 Å². The van der Waals surface area contributed by atoms with E-state index in [4.69, 9.17) is 4.74 Å². The molecule has 2 aliphatic rings. The van der Waals surface area contributed by atoms with Crippen molar-refractivity contribution in [2.75, 3.05) is 26.3 Å². The molecule has 3 heterocycles. The third-order valence-corrected chi connectivity index (χ3v) is 5.59. The second-order valence-electron chi connectivity index (χ2n) is 7.31. The van der Waals surface area contributed by atoms with Gasteiger partial charge in [-0.15, -0.1) is 0 Å². The van der Waals surface area contributed by atoms with Crippen molar-refractivity contribution in [3.05, 3.63) is 45.7 Å². The fraction of sp³-hybridized carbons (Fsp3) is 0.500. The molecule has 0 spiro atoms. The maximum absolute atomic E-state index is 12.8. The molecule has 0 bridgehead atoms. The molecule has 2 atom stereocenters. The van der Waals surface area contributed by atoms with Gasteiger partial charge in [0.2, 0.25) is 5.43 Å². The number of fused-ring (bicyclic) bond motifs is 1. The Kier molecular flexibility index (Phi) is 4.78. The molecule has 1 aromatic carbocycles. The monoisotopic (exact) mass is 355 g/mol. The number of carbonyl (C=O) groups excluding carboxylic acids is 1. The van der Waals surface area contributed by atoms with Crippen LogP contribution < -0.4 is 10.7 Å². The van der Waals surface area contributed by atoms with Crippen LogP contribution in [0.3, 0.4) is 0 Å². The summed E-state index contributed by atoms with van der Waals surface area (Å²) in [5.41, 5.74) is 1.70. The molecule has 0 aliphatic carbocycles. The number of pyridine rings is 1. The predicted octanol–water partition coefficient (Wildman–Crippen LogP) is 1.82. The third kappa shape index (κ3) is 3.15. The van der Waals surface area contributed by atoms with Gasteiger partial charge in [0.15, 0.2) is 0 Å². The van der Waals surface area contributed by atoms with E-state index in [1.807, 2.05) is 19.1 Å². The van der Waals surface area contributed by atoms with Gasteiger partial charge in [-0.25, -0.2) is 0 Å². The number of nitrogens with one attached hydrogen (secondary N) is 2. The van der Waals surface area contributed by atoms with E-state index in [0.717, 1.165) is 24.2 Å². The first kappa shape index (κ1) is 17.2. The number of hydrogen-bond donors (Lipinski definition) is 2. The zero-order valence-corrected chi connectivity index (χ0v) is 15.1. The molecule has 2 fully saturated rings. The molecule has 138 valence electrons. The Morgan fingerprint density at radius 2 is 2.04 bits per heavy atom. The van der Waals surface area contributed by atoms with Gasteiger partial charge in [-0.1, -0.05) is 18.6 Å². The average molecular weight is 355 g/mol. The largest absolute Gasteiger partial charge is 0.378 e. The summed E-state index contributed by atoms with van der Waals surface area (Å²) in [6, 6.07) is 5.66. The molecule has 2 aliphatic heterocycles. The van der Waals surface area contributed by atoms with Gasteiger partial charge in [-0.05, 0) is 44.5 Å². The van der Waals surface area contributed by atoms with Gasteiger partial charge >= 0.3 is 0 Å². The van der Waals surface area contributed by atoms with Crippen molar-refractivity contribution in [2.24, 2.45) is 0 Å². The number of para-hydroxylation sites is 1. The van der Waals surface area contributed by atoms with E-state index in [9.17, 15) is 9.59 Å². The number of carbonyl (C=O) groups is 1. The van der Waals surface area contributed by atoms with E-state index in [0.29, 0.717) is 18.6 Å². The lowest BCUT2D eigenvalue weighted by atomic mass is 10.0. The van der Waals surface area contributed by atoms with Crippen molar-refractivity contribution in [3.8, 4) is 0 Å². The highest BCUT2D eigenvalue weighted by molar-refractivity contribution is 5.97. The molecule has 4 rings (SSSR count). The maximum Gasteiger partial charge on any atom is 0.257 e. The van der Waals surface area contributed by atoms with E-state index >= 15 is 0 Å². The van der Waals surface area contributed by atoms with E-state index in [-0.39, 0.29) is 29.0 Å². The number of hydrogen-bond acceptors (Lipinski definition) is 4. The highest BCUT2D eigenvalue weighted by atomic mass is 16.5. The summed E-state index contributed by atoms with van der Waals surface area (Å²) in [5.74, 6) is -0.327. The molecule has 1 aromatic heterocycles. The molecule has 0 radical (unpaired) electrons. The number of aryl methyl sites for hydroxylation is 1. The first-order chi connectivity index (χ1) is 12.6.